The lowest BCUT2D eigenvalue weighted by Crippen LogP contribution is -2.46. The molecule has 2 aromatic carbocycles. The maximum atomic E-state index is 13.8. The van der Waals surface area contributed by atoms with E-state index in [-0.39, 0.29) is 11.5 Å². The Labute approximate surface area is 206 Å². The number of ether oxygens (including phenoxy) is 3. The number of Topliss-reactive ketones (excluding diaryl/α,β-unsaturated/α-hetero) is 1. The molecule has 184 valence electrons. The normalized spacial score (nSPS) is 24.0. The van der Waals surface area contributed by atoms with Crippen molar-refractivity contribution in [2.45, 2.75) is 19.0 Å². The van der Waals surface area contributed by atoms with Crippen LogP contribution in [-0.4, -0.2) is 61.1 Å². The first-order valence-electron chi connectivity index (χ1n) is 11.3. The monoisotopic (exact) mass is 489 g/mol. The van der Waals surface area contributed by atoms with Crippen LogP contribution in [0.15, 0.2) is 59.7 Å². The van der Waals surface area contributed by atoms with Gasteiger partial charge in [-0.15, -0.1) is 0 Å². The van der Waals surface area contributed by atoms with Gasteiger partial charge in [-0.2, -0.15) is 5.10 Å². The lowest BCUT2D eigenvalue weighted by atomic mass is 9.86. The average molecular weight is 489 g/mol. The topological polar surface area (TPSA) is 115 Å². The first-order valence-corrected chi connectivity index (χ1v) is 11.3. The Bertz CT molecular complexity index is 1320. The van der Waals surface area contributed by atoms with E-state index in [4.69, 9.17) is 14.2 Å². The molecule has 2 fully saturated rings. The number of fused-ring (bicyclic) bond motifs is 3. The summed E-state index contributed by atoms with van der Waals surface area (Å²) < 4.78 is 15.7. The molecule has 0 unspecified atom stereocenters. The highest BCUT2D eigenvalue weighted by molar-refractivity contribution is 6.25. The van der Waals surface area contributed by atoms with Crippen molar-refractivity contribution in [3.63, 3.8) is 0 Å². The van der Waals surface area contributed by atoms with Crippen molar-refractivity contribution >= 4 is 35.5 Å². The summed E-state index contributed by atoms with van der Waals surface area (Å²) in [6.45, 7) is 1.28. The van der Waals surface area contributed by atoms with Crippen LogP contribution in [0.1, 0.15) is 17.3 Å². The second-order valence-electron chi connectivity index (χ2n) is 8.55. The van der Waals surface area contributed by atoms with E-state index in [0.717, 1.165) is 4.90 Å². The zero-order chi connectivity index (χ0) is 25.6. The molecule has 3 aliphatic rings. The summed E-state index contributed by atoms with van der Waals surface area (Å²) >= 11 is 0. The van der Waals surface area contributed by atoms with Crippen LogP contribution in [0.3, 0.4) is 0 Å². The molecule has 0 aromatic heterocycles. The fourth-order valence-electron chi connectivity index (χ4n) is 5.07. The number of anilines is 1. The van der Waals surface area contributed by atoms with Crippen molar-refractivity contribution in [3.05, 3.63) is 60.2 Å². The van der Waals surface area contributed by atoms with E-state index in [0.29, 0.717) is 22.8 Å². The van der Waals surface area contributed by atoms with Crippen LogP contribution in [0.5, 0.6) is 17.2 Å². The molecule has 4 atom stereocenters. The second-order valence-corrected chi connectivity index (χ2v) is 8.55. The highest BCUT2D eigenvalue weighted by atomic mass is 16.5. The van der Waals surface area contributed by atoms with E-state index in [1.54, 1.807) is 30.4 Å². The van der Waals surface area contributed by atoms with Gasteiger partial charge < -0.3 is 14.2 Å². The molecule has 36 heavy (non-hydrogen) atoms. The standard InChI is InChI=1S/C26H23N3O7/c1-14(30)36-16-8-6-15(7-9-16)24(31)23-22-21(18-5-4-12-27-29(18)23)25(32)28(26(22)33)19-13-17(34-2)10-11-20(19)35-3/h4-13,18,21-23H,1-3H3/t18-,21-,22-,23-/m0/s1. The molecule has 10 heteroatoms. The zero-order valence-corrected chi connectivity index (χ0v) is 19.8. The fraction of sp³-hybridized carbons (Fsp3) is 0.269. The summed E-state index contributed by atoms with van der Waals surface area (Å²) in [5.74, 6) is -2.48. The maximum Gasteiger partial charge on any atom is 0.308 e. The van der Waals surface area contributed by atoms with Crippen LogP contribution in [0.25, 0.3) is 0 Å². The minimum Gasteiger partial charge on any atom is -0.497 e. The Morgan fingerprint density at radius 2 is 1.61 bits per heavy atom. The summed E-state index contributed by atoms with van der Waals surface area (Å²) in [4.78, 5) is 53.6. The largest absolute Gasteiger partial charge is 0.497 e. The molecule has 0 N–H and O–H groups in total. The summed E-state index contributed by atoms with van der Waals surface area (Å²) in [6, 6.07) is 9.35. The molecular weight excluding hydrogens is 466 g/mol. The number of amides is 2. The Morgan fingerprint density at radius 3 is 2.28 bits per heavy atom. The molecule has 10 nitrogen and oxygen atoms in total. The van der Waals surface area contributed by atoms with Crippen molar-refractivity contribution in [3.8, 4) is 17.2 Å². The first kappa shape index (κ1) is 23.3. The molecule has 0 spiro atoms. The number of imide groups is 1. The number of hydrazone groups is 1. The number of ketones is 1. The number of benzene rings is 2. The van der Waals surface area contributed by atoms with E-state index in [1.807, 2.05) is 0 Å². The van der Waals surface area contributed by atoms with E-state index >= 15 is 0 Å². The minimum atomic E-state index is -1.00. The number of esters is 1. The third-order valence-electron chi connectivity index (χ3n) is 6.59. The third-order valence-corrected chi connectivity index (χ3v) is 6.59. The number of methoxy groups -OCH3 is 2. The van der Waals surface area contributed by atoms with Gasteiger partial charge in [0.25, 0.3) is 0 Å². The highest BCUT2D eigenvalue weighted by Crippen LogP contribution is 2.48. The molecule has 0 bridgehead atoms. The quantitative estimate of drug-likeness (QED) is 0.263. The predicted molar refractivity (Wildman–Crippen MR) is 128 cm³/mol. The fourth-order valence-corrected chi connectivity index (χ4v) is 5.07. The number of rotatable bonds is 6. The highest BCUT2D eigenvalue weighted by Gasteiger charge is 2.64. The van der Waals surface area contributed by atoms with Gasteiger partial charge in [0.15, 0.2) is 5.78 Å². The summed E-state index contributed by atoms with van der Waals surface area (Å²) in [5.41, 5.74) is 0.561. The van der Waals surface area contributed by atoms with Gasteiger partial charge in [-0.3, -0.25) is 24.2 Å². The van der Waals surface area contributed by atoms with Crippen molar-refractivity contribution in [2.24, 2.45) is 16.9 Å². The molecular formula is C26H23N3O7. The van der Waals surface area contributed by atoms with Crippen molar-refractivity contribution in [1.29, 1.82) is 0 Å². The zero-order valence-electron chi connectivity index (χ0n) is 19.8. The molecule has 0 saturated carbocycles. The molecule has 2 saturated heterocycles. The smallest absolute Gasteiger partial charge is 0.308 e. The number of nitrogens with zero attached hydrogens (tertiary/aromatic N) is 3. The molecule has 2 aromatic rings. The minimum absolute atomic E-state index is 0.257. The van der Waals surface area contributed by atoms with Gasteiger partial charge in [0.1, 0.15) is 23.3 Å². The predicted octanol–water partition coefficient (Wildman–Crippen LogP) is 2.23. The van der Waals surface area contributed by atoms with Crippen LogP contribution in [0.4, 0.5) is 5.69 Å². The van der Waals surface area contributed by atoms with E-state index in [2.05, 4.69) is 5.10 Å². The third kappa shape index (κ3) is 3.62. The molecule has 5 rings (SSSR count). The Kier molecular flexibility index (Phi) is 5.79. The van der Waals surface area contributed by atoms with Crippen LogP contribution < -0.4 is 19.1 Å². The molecule has 0 aliphatic carbocycles. The van der Waals surface area contributed by atoms with E-state index in [1.165, 1.54) is 56.6 Å². The number of carbonyl (C=O) groups is 4. The van der Waals surface area contributed by atoms with Gasteiger partial charge in [-0.25, -0.2) is 4.90 Å². The Hall–Kier alpha value is -4.47. The average Bonchev–Trinajstić information content (AvgIpc) is 3.35. The summed E-state index contributed by atoms with van der Waals surface area (Å²) in [5, 5.41) is 5.89. The number of hydrogen-bond donors (Lipinski definition) is 0. The lowest BCUT2D eigenvalue weighted by Gasteiger charge is -2.30. The first-order chi connectivity index (χ1) is 17.3. The van der Waals surface area contributed by atoms with Gasteiger partial charge in [0, 0.05) is 24.8 Å². The lowest BCUT2D eigenvalue weighted by molar-refractivity contribution is -0.132. The van der Waals surface area contributed by atoms with Crippen LogP contribution in [-0.2, 0) is 14.4 Å². The SMILES string of the molecule is COc1ccc(OC)c(N2C(=O)[C@@H]3[C@H](C2=O)[C@@H](C(=O)c2ccc(OC(C)=O)cc2)N2N=CC=C[C@@H]32)c1. The maximum absolute atomic E-state index is 13.8. The Morgan fingerprint density at radius 1 is 0.917 bits per heavy atom. The van der Waals surface area contributed by atoms with E-state index in [9.17, 15) is 19.2 Å². The second kappa shape index (κ2) is 8.95. The summed E-state index contributed by atoms with van der Waals surface area (Å²) in [7, 11) is 2.93. The van der Waals surface area contributed by atoms with Crippen LogP contribution >= 0.6 is 0 Å². The number of hydrogen-bond acceptors (Lipinski definition) is 9. The van der Waals surface area contributed by atoms with Gasteiger partial charge >= 0.3 is 5.97 Å². The van der Waals surface area contributed by atoms with Crippen LogP contribution in [0.2, 0.25) is 0 Å². The van der Waals surface area contributed by atoms with Gasteiger partial charge in [-0.1, -0.05) is 6.08 Å². The van der Waals surface area contributed by atoms with Crippen molar-refractivity contribution < 1.29 is 33.4 Å². The number of carbonyl (C=O) groups excluding carboxylic acids is 4. The molecule has 2 amide bonds. The van der Waals surface area contributed by atoms with Crippen molar-refractivity contribution in [1.82, 2.24) is 5.01 Å². The van der Waals surface area contributed by atoms with Gasteiger partial charge in [0.2, 0.25) is 11.8 Å². The van der Waals surface area contributed by atoms with Crippen LogP contribution in [0, 0.1) is 11.8 Å². The van der Waals surface area contributed by atoms with Crippen molar-refractivity contribution in [2.75, 3.05) is 19.1 Å². The van der Waals surface area contributed by atoms with Gasteiger partial charge in [-0.05, 0) is 42.5 Å². The molecule has 0 radical (unpaired) electrons. The molecule has 3 aliphatic heterocycles. The number of allylic oxidation sites excluding steroid dienone is 1. The Balaban J connectivity index is 1.54. The van der Waals surface area contributed by atoms with Gasteiger partial charge in [0.05, 0.1) is 37.8 Å². The van der Waals surface area contributed by atoms with E-state index < -0.39 is 41.7 Å². The molecule has 3 heterocycles. The summed E-state index contributed by atoms with van der Waals surface area (Å²) in [6.07, 6.45) is 5.00.